The van der Waals surface area contributed by atoms with Crippen LogP contribution in [0.15, 0.2) is 12.1 Å². The smallest absolute Gasteiger partial charge is 0.192 e. The van der Waals surface area contributed by atoms with Crippen LogP contribution >= 0.6 is 0 Å². The van der Waals surface area contributed by atoms with Gasteiger partial charge in [-0.2, -0.15) is 0 Å². The summed E-state index contributed by atoms with van der Waals surface area (Å²) in [5, 5.41) is 0.247. The number of carbonyl (C=O) groups excluding carboxylic acids is 1. The fourth-order valence-corrected chi connectivity index (χ4v) is 3.96. The second-order valence-electron chi connectivity index (χ2n) is 10.5. The van der Waals surface area contributed by atoms with Crippen molar-refractivity contribution in [2.24, 2.45) is 0 Å². The number of aldehydes is 1. The van der Waals surface area contributed by atoms with E-state index in [1.54, 1.807) is 0 Å². The zero-order valence-corrected chi connectivity index (χ0v) is 20.9. The van der Waals surface area contributed by atoms with Crippen LogP contribution in [0.5, 0.6) is 0 Å². The van der Waals surface area contributed by atoms with Crippen LogP contribution in [0.2, 0.25) is 36.3 Å². The molecule has 27 heavy (non-hydrogen) atoms. The van der Waals surface area contributed by atoms with Gasteiger partial charge in [0, 0.05) is 22.4 Å². The molecule has 0 fully saturated rings. The third kappa shape index (κ3) is 6.01. The summed E-state index contributed by atoms with van der Waals surface area (Å²) < 4.78 is 12.7. The van der Waals surface area contributed by atoms with Gasteiger partial charge in [0.25, 0.3) is 0 Å². The van der Waals surface area contributed by atoms with Crippen LogP contribution in [0.3, 0.4) is 0 Å². The Morgan fingerprint density at radius 1 is 0.852 bits per heavy atom. The fraction of sp³-hybridized carbons (Fsp3) is 0.667. The van der Waals surface area contributed by atoms with Gasteiger partial charge < -0.3 is 14.6 Å². The van der Waals surface area contributed by atoms with Crippen LogP contribution in [-0.2, 0) is 22.1 Å². The maximum absolute atomic E-state index is 11.4. The maximum Gasteiger partial charge on any atom is 0.192 e. The van der Waals surface area contributed by atoms with Crippen molar-refractivity contribution in [2.75, 3.05) is 5.73 Å². The van der Waals surface area contributed by atoms with E-state index in [4.69, 9.17) is 14.6 Å². The van der Waals surface area contributed by atoms with Crippen molar-refractivity contribution in [1.82, 2.24) is 0 Å². The highest BCUT2D eigenvalue weighted by Crippen LogP contribution is 2.39. The lowest BCUT2D eigenvalue weighted by atomic mass is 10.0. The molecule has 154 valence electrons. The Morgan fingerprint density at radius 3 is 1.44 bits per heavy atom. The summed E-state index contributed by atoms with van der Waals surface area (Å²) in [5.41, 5.74) is 9.48. The molecule has 0 saturated heterocycles. The molecule has 0 radical (unpaired) electrons. The number of nitrogen functional groups attached to an aromatic ring is 1. The molecule has 2 N–H and O–H groups in total. The first-order chi connectivity index (χ1) is 12.0. The number of nitrogens with two attached hydrogens (primary N) is 1. The molecule has 0 saturated carbocycles. The van der Waals surface area contributed by atoms with Crippen LogP contribution in [0, 0.1) is 0 Å². The van der Waals surface area contributed by atoms with E-state index in [2.05, 4.69) is 67.7 Å². The van der Waals surface area contributed by atoms with Crippen molar-refractivity contribution < 1.29 is 13.6 Å². The normalized spacial score (nSPS) is 13.7. The van der Waals surface area contributed by atoms with Crippen LogP contribution < -0.4 is 5.73 Å². The molecule has 0 atom stereocenters. The van der Waals surface area contributed by atoms with Gasteiger partial charge >= 0.3 is 0 Å². The summed E-state index contributed by atoms with van der Waals surface area (Å²) in [6, 6.07) is 3.68. The molecule has 0 unspecified atom stereocenters. The molecule has 0 amide bonds. The second kappa shape index (κ2) is 8.19. The van der Waals surface area contributed by atoms with E-state index in [1.165, 1.54) is 0 Å². The van der Waals surface area contributed by atoms with Gasteiger partial charge in [-0.25, -0.2) is 0 Å². The van der Waals surface area contributed by atoms with Crippen LogP contribution in [0.1, 0.15) is 63.0 Å². The molecule has 0 aliphatic rings. The number of rotatable bonds is 7. The van der Waals surface area contributed by atoms with Crippen molar-refractivity contribution in [3.05, 3.63) is 28.8 Å². The molecule has 1 aromatic rings. The van der Waals surface area contributed by atoms with E-state index in [0.29, 0.717) is 24.5 Å². The molecule has 6 heteroatoms. The Labute approximate surface area is 168 Å². The highest BCUT2D eigenvalue weighted by atomic mass is 28.4. The predicted octanol–water partition coefficient (Wildman–Crippen LogP) is 6.12. The van der Waals surface area contributed by atoms with Crippen molar-refractivity contribution in [3.8, 4) is 0 Å². The molecule has 1 rings (SSSR count). The van der Waals surface area contributed by atoms with Crippen molar-refractivity contribution in [1.29, 1.82) is 0 Å². The van der Waals surface area contributed by atoms with Gasteiger partial charge in [-0.1, -0.05) is 41.5 Å². The third-order valence-corrected chi connectivity index (χ3v) is 15.3. The number of carbonyl (C=O) groups is 1. The summed E-state index contributed by atoms with van der Waals surface area (Å²) >= 11 is 0. The van der Waals surface area contributed by atoms with Gasteiger partial charge in [-0.15, -0.1) is 0 Å². The zero-order chi connectivity index (χ0) is 21.3. The Kier molecular flexibility index (Phi) is 7.31. The van der Waals surface area contributed by atoms with Crippen LogP contribution in [0.25, 0.3) is 0 Å². The molecule has 0 aromatic heterocycles. The largest absolute Gasteiger partial charge is 0.412 e. The first kappa shape index (κ1) is 24.1. The summed E-state index contributed by atoms with van der Waals surface area (Å²) in [7, 11) is -3.79. The van der Waals surface area contributed by atoms with Crippen LogP contribution in [-0.4, -0.2) is 22.9 Å². The van der Waals surface area contributed by atoms with Gasteiger partial charge in [0.05, 0.1) is 13.2 Å². The SMILES string of the molecule is CC(C)(C)[Si](C)(C)OCc1cc(C=O)cc(CO[Si](C)(C)C(C)(C)C)c1N. The highest BCUT2D eigenvalue weighted by Gasteiger charge is 2.38. The molecule has 0 aliphatic heterocycles. The summed E-state index contributed by atoms with van der Waals surface area (Å²) in [6.45, 7) is 23.0. The maximum atomic E-state index is 11.4. The summed E-state index contributed by atoms with van der Waals surface area (Å²) in [6.07, 6.45) is 0.866. The molecular weight excluding hydrogens is 370 g/mol. The zero-order valence-electron chi connectivity index (χ0n) is 18.9. The van der Waals surface area contributed by atoms with Crippen LogP contribution in [0.4, 0.5) is 5.69 Å². The first-order valence-electron chi connectivity index (χ1n) is 9.66. The second-order valence-corrected chi connectivity index (χ2v) is 20.1. The summed E-state index contributed by atoms with van der Waals surface area (Å²) in [4.78, 5) is 11.4. The topological polar surface area (TPSA) is 61.5 Å². The number of hydrogen-bond acceptors (Lipinski definition) is 4. The standard InChI is InChI=1S/C21H39NO3Si2/c1-20(2,3)26(7,8)24-14-17-11-16(13-23)12-18(19(17)22)15-25-27(9,10)21(4,5)6/h11-13H,14-15,22H2,1-10H3. The van der Waals surface area contributed by atoms with E-state index in [9.17, 15) is 4.79 Å². The summed E-state index contributed by atoms with van der Waals surface area (Å²) in [5.74, 6) is 0. The Morgan fingerprint density at radius 2 is 1.19 bits per heavy atom. The van der Waals surface area contributed by atoms with Gasteiger partial charge in [-0.3, -0.25) is 4.79 Å². The first-order valence-corrected chi connectivity index (χ1v) is 15.5. The lowest BCUT2D eigenvalue weighted by Crippen LogP contribution is -2.40. The van der Waals surface area contributed by atoms with Crippen molar-refractivity contribution >= 4 is 28.6 Å². The Balaban J connectivity index is 3.09. The highest BCUT2D eigenvalue weighted by molar-refractivity contribution is 6.74. The van der Waals surface area contributed by atoms with Gasteiger partial charge in [0.2, 0.25) is 0 Å². The number of benzene rings is 1. The minimum atomic E-state index is -1.90. The van der Waals surface area contributed by atoms with E-state index >= 15 is 0 Å². The molecule has 1 aromatic carbocycles. The van der Waals surface area contributed by atoms with E-state index < -0.39 is 16.6 Å². The van der Waals surface area contributed by atoms with Crippen molar-refractivity contribution in [3.63, 3.8) is 0 Å². The molecule has 0 bridgehead atoms. The van der Waals surface area contributed by atoms with E-state index in [0.717, 1.165) is 17.4 Å². The predicted molar refractivity (Wildman–Crippen MR) is 120 cm³/mol. The van der Waals surface area contributed by atoms with E-state index in [-0.39, 0.29) is 10.1 Å². The van der Waals surface area contributed by atoms with Gasteiger partial charge in [-0.05, 0) is 48.4 Å². The molecule has 0 heterocycles. The lowest BCUT2D eigenvalue weighted by Gasteiger charge is -2.37. The van der Waals surface area contributed by atoms with Crippen molar-refractivity contribution in [2.45, 2.75) is 91.0 Å². The van der Waals surface area contributed by atoms with E-state index in [1.807, 2.05) is 12.1 Å². The third-order valence-electron chi connectivity index (χ3n) is 6.30. The number of hydrogen-bond donors (Lipinski definition) is 1. The quantitative estimate of drug-likeness (QED) is 0.334. The Bertz CT molecular complexity index is 620. The molecule has 4 nitrogen and oxygen atoms in total. The minimum absolute atomic E-state index is 0.123. The minimum Gasteiger partial charge on any atom is -0.412 e. The van der Waals surface area contributed by atoms with Gasteiger partial charge in [0.1, 0.15) is 6.29 Å². The molecular formula is C21H39NO3Si2. The molecule has 0 spiro atoms. The average Bonchev–Trinajstić information content (AvgIpc) is 2.50. The fourth-order valence-electron chi connectivity index (χ4n) is 2.06. The monoisotopic (exact) mass is 409 g/mol. The number of anilines is 1. The lowest BCUT2D eigenvalue weighted by molar-refractivity contribution is 0.112. The van der Waals surface area contributed by atoms with Gasteiger partial charge in [0.15, 0.2) is 16.6 Å². The molecule has 0 aliphatic carbocycles. The Hall–Kier alpha value is -0.956. The average molecular weight is 410 g/mol.